The van der Waals surface area contributed by atoms with Gasteiger partial charge in [0.15, 0.2) is 5.82 Å². The van der Waals surface area contributed by atoms with E-state index in [1.807, 2.05) is 25.6 Å². The maximum atomic E-state index is 5.74. The highest BCUT2D eigenvalue weighted by Gasteiger charge is 2.22. The molecule has 1 aromatic rings. The number of aryl methyl sites for hydroxylation is 2. The van der Waals surface area contributed by atoms with Crippen molar-refractivity contribution in [3.63, 3.8) is 0 Å². The number of rotatable bonds is 3. The average molecular weight is 267 g/mol. The van der Waals surface area contributed by atoms with E-state index in [2.05, 4.69) is 16.9 Å². The lowest BCUT2D eigenvalue weighted by Crippen LogP contribution is -2.21. The Hall–Kier alpha value is -0.650. The van der Waals surface area contributed by atoms with E-state index < -0.39 is 0 Å². The summed E-state index contributed by atoms with van der Waals surface area (Å²) in [6, 6.07) is 0. The van der Waals surface area contributed by atoms with E-state index >= 15 is 0 Å². The number of aromatic nitrogens is 2. The second-order valence-corrected chi connectivity index (χ2v) is 5.89. The summed E-state index contributed by atoms with van der Waals surface area (Å²) in [6.45, 7) is 7.61. The van der Waals surface area contributed by atoms with Gasteiger partial charge in [-0.05, 0) is 31.9 Å². The topological polar surface area (TPSA) is 61.0 Å². The van der Waals surface area contributed by atoms with Gasteiger partial charge in [0.2, 0.25) is 0 Å². The zero-order chi connectivity index (χ0) is 13.1. The largest absolute Gasteiger partial charge is 0.368 e. The molecule has 2 atom stereocenters. The predicted molar refractivity (Wildman–Crippen MR) is 75.0 cm³/mol. The molecule has 1 aliphatic rings. The van der Waals surface area contributed by atoms with Crippen LogP contribution in [0, 0.1) is 13.8 Å². The van der Waals surface area contributed by atoms with E-state index in [0.29, 0.717) is 12.5 Å². The molecular weight excluding hydrogens is 246 g/mol. The highest BCUT2D eigenvalue weighted by Crippen LogP contribution is 2.27. The van der Waals surface area contributed by atoms with Gasteiger partial charge in [0, 0.05) is 22.9 Å². The molecule has 100 valence electrons. The zero-order valence-electron chi connectivity index (χ0n) is 11.3. The summed E-state index contributed by atoms with van der Waals surface area (Å²) < 4.78 is 5.73. The van der Waals surface area contributed by atoms with Crippen molar-refractivity contribution < 1.29 is 4.74 Å². The van der Waals surface area contributed by atoms with Crippen molar-refractivity contribution in [3.05, 3.63) is 22.8 Å². The maximum Gasteiger partial charge on any atom is 0.158 e. The predicted octanol–water partition coefficient (Wildman–Crippen LogP) is 1.96. The molecular formula is C13H21N3OS. The third-order valence-electron chi connectivity index (χ3n) is 3.29. The van der Waals surface area contributed by atoms with Gasteiger partial charge in [0.1, 0.15) is 6.10 Å². The minimum absolute atomic E-state index is 0.0448. The first-order chi connectivity index (χ1) is 8.63. The lowest BCUT2D eigenvalue weighted by atomic mass is 9.98. The molecule has 18 heavy (non-hydrogen) atoms. The van der Waals surface area contributed by atoms with Crippen LogP contribution in [0.5, 0.6) is 0 Å². The minimum Gasteiger partial charge on any atom is -0.368 e. The molecule has 5 heteroatoms. The first-order valence-corrected chi connectivity index (χ1v) is 7.53. The average Bonchev–Trinajstić information content (AvgIpc) is 2.38. The van der Waals surface area contributed by atoms with Crippen LogP contribution in [-0.4, -0.2) is 34.6 Å². The maximum absolute atomic E-state index is 5.74. The Morgan fingerprint density at radius 1 is 1.39 bits per heavy atom. The summed E-state index contributed by atoms with van der Waals surface area (Å²) in [5, 5.41) is 0. The van der Waals surface area contributed by atoms with E-state index in [0.717, 1.165) is 35.3 Å². The Bertz CT molecular complexity index is 396. The molecule has 0 spiro atoms. The Balaban J connectivity index is 2.29. The molecule has 2 rings (SSSR count). The van der Waals surface area contributed by atoms with Crippen LogP contribution in [0.4, 0.5) is 0 Å². The summed E-state index contributed by atoms with van der Waals surface area (Å²) in [6.07, 6.45) is 0.0448. The monoisotopic (exact) mass is 267 g/mol. The molecule has 1 fully saturated rings. The van der Waals surface area contributed by atoms with Crippen molar-refractivity contribution in [1.29, 1.82) is 0 Å². The third kappa shape index (κ3) is 2.84. The smallest absolute Gasteiger partial charge is 0.158 e. The van der Waals surface area contributed by atoms with Gasteiger partial charge < -0.3 is 10.5 Å². The molecule has 2 N–H and O–H groups in total. The van der Waals surface area contributed by atoms with Gasteiger partial charge in [0.25, 0.3) is 0 Å². The van der Waals surface area contributed by atoms with Crippen molar-refractivity contribution in [3.8, 4) is 0 Å². The summed E-state index contributed by atoms with van der Waals surface area (Å²) in [5.74, 6) is 3.15. The van der Waals surface area contributed by atoms with Gasteiger partial charge in [-0.15, -0.1) is 0 Å². The molecule has 0 amide bonds. The Morgan fingerprint density at radius 3 is 2.56 bits per heavy atom. The minimum atomic E-state index is 0.0448. The Kier molecular flexibility index (Phi) is 4.59. The Labute approximate surface area is 113 Å². The van der Waals surface area contributed by atoms with Crippen LogP contribution in [-0.2, 0) is 4.74 Å². The highest BCUT2D eigenvalue weighted by atomic mass is 32.2. The van der Waals surface area contributed by atoms with Crippen LogP contribution in [0.15, 0.2) is 0 Å². The SMILES string of the molecule is Cc1nc(C2CSCCO2)nc(C)c1C(C)CN. The molecule has 1 saturated heterocycles. The van der Waals surface area contributed by atoms with Crippen molar-refractivity contribution >= 4 is 11.8 Å². The van der Waals surface area contributed by atoms with E-state index in [4.69, 9.17) is 10.5 Å². The molecule has 0 radical (unpaired) electrons. The van der Waals surface area contributed by atoms with Crippen molar-refractivity contribution in [2.75, 3.05) is 24.7 Å². The van der Waals surface area contributed by atoms with Gasteiger partial charge in [-0.2, -0.15) is 11.8 Å². The quantitative estimate of drug-likeness (QED) is 0.907. The van der Waals surface area contributed by atoms with Crippen LogP contribution < -0.4 is 5.73 Å². The van der Waals surface area contributed by atoms with Gasteiger partial charge in [-0.1, -0.05) is 6.92 Å². The zero-order valence-corrected chi connectivity index (χ0v) is 12.1. The van der Waals surface area contributed by atoms with Gasteiger partial charge >= 0.3 is 0 Å². The van der Waals surface area contributed by atoms with E-state index in [1.54, 1.807) is 0 Å². The lowest BCUT2D eigenvalue weighted by Gasteiger charge is -2.23. The van der Waals surface area contributed by atoms with Crippen molar-refractivity contribution in [2.24, 2.45) is 5.73 Å². The second-order valence-electron chi connectivity index (χ2n) is 4.74. The molecule has 4 nitrogen and oxygen atoms in total. The molecule has 0 saturated carbocycles. The number of nitrogens with zero attached hydrogens (tertiary/aromatic N) is 2. The van der Waals surface area contributed by atoms with E-state index in [1.165, 1.54) is 5.56 Å². The van der Waals surface area contributed by atoms with Crippen molar-refractivity contribution in [2.45, 2.75) is 32.8 Å². The van der Waals surface area contributed by atoms with Gasteiger partial charge in [-0.25, -0.2) is 9.97 Å². The van der Waals surface area contributed by atoms with Gasteiger partial charge in [0.05, 0.1) is 6.61 Å². The molecule has 1 aliphatic heterocycles. The number of thioether (sulfide) groups is 1. The number of hydrogen-bond acceptors (Lipinski definition) is 5. The number of hydrogen-bond donors (Lipinski definition) is 1. The molecule has 2 unspecified atom stereocenters. The second kappa shape index (κ2) is 5.99. The van der Waals surface area contributed by atoms with Crippen LogP contribution in [0.25, 0.3) is 0 Å². The van der Waals surface area contributed by atoms with Crippen LogP contribution >= 0.6 is 11.8 Å². The van der Waals surface area contributed by atoms with E-state index in [9.17, 15) is 0 Å². The highest BCUT2D eigenvalue weighted by molar-refractivity contribution is 7.99. The fourth-order valence-corrected chi connectivity index (χ4v) is 3.20. The summed E-state index contributed by atoms with van der Waals surface area (Å²) in [5.41, 5.74) is 9.00. The normalized spacial score (nSPS) is 21.9. The molecule has 0 aliphatic carbocycles. The molecule has 1 aromatic heterocycles. The van der Waals surface area contributed by atoms with E-state index in [-0.39, 0.29) is 6.10 Å². The summed E-state index contributed by atoms with van der Waals surface area (Å²) in [4.78, 5) is 9.24. The lowest BCUT2D eigenvalue weighted by molar-refractivity contribution is 0.0691. The fraction of sp³-hybridized carbons (Fsp3) is 0.692. The molecule has 0 aromatic carbocycles. The number of ether oxygens (including phenoxy) is 1. The van der Waals surface area contributed by atoms with Crippen LogP contribution in [0.1, 0.15) is 41.7 Å². The number of nitrogens with two attached hydrogens (primary N) is 1. The summed E-state index contributed by atoms with van der Waals surface area (Å²) >= 11 is 1.90. The van der Waals surface area contributed by atoms with Crippen LogP contribution in [0.3, 0.4) is 0 Å². The standard InChI is InChI=1S/C13H21N3OS/c1-8(6-14)12-9(2)15-13(16-10(12)3)11-7-18-5-4-17-11/h8,11H,4-7,14H2,1-3H3. The van der Waals surface area contributed by atoms with Crippen LogP contribution in [0.2, 0.25) is 0 Å². The summed E-state index contributed by atoms with van der Waals surface area (Å²) in [7, 11) is 0. The Morgan fingerprint density at radius 2 is 2.06 bits per heavy atom. The van der Waals surface area contributed by atoms with Gasteiger partial charge in [-0.3, -0.25) is 0 Å². The third-order valence-corrected chi connectivity index (χ3v) is 4.29. The molecule has 2 heterocycles. The first-order valence-electron chi connectivity index (χ1n) is 6.38. The first kappa shape index (κ1) is 13.8. The molecule has 0 bridgehead atoms. The fourth-order valence-electron chi connectivity index (χ4n) is 2.36. The van der Waals surface area contributed by atoms with Crippen molar-refractivity contribution in [1.82, 2.24) is 9.97 Å².